The van der Waals surface area contributed by atoms with Gasteiger partial charge in [-0.15, -0.1) is 0 Å². The van der Waals surface area contributed by atoms with Crippen LogP contribution < -0.4 is 15.0 Å². The van der Waals surface area contributed by atoms with Crippen molar-refractivity contribution in [1.82, 2.24) is 14.3 Å². The molecule has 16 heteroatoms. The Morgan fingerprint density at radius 2 is 1.75 bits per heavy atom. The summed E-state index contributed by atoms with van der Waals surface area (Å²) >= 11 is 0. The summed E-state index contributed by atoms with van der Waals surface area (Å²) in [5.41, 5.74) is 1.48. The average molecular weight is 596 g/mol. The van der Waals surface area contributed by atoms with Crippen molar-refractivity contribution in [2.75, 3.05) is 36.1 Å². The number of aliphatic carboxylic acids is 1. The Bertz CT molecular complexity index is 1320. The monoisotopic (exact) mass is 595 g/mol. The lowest BCUT2D eigenvalue weighted by atomic mass is 10.1. The first-order valence-corrected chi connectivity index (χ1v) is 14.2. The van der Waals surface area contributed by atoms with Gasteiger partial charge in [0, 0.05) is 51.0 Å². The van der Waals surface area contributed by atoms with E-state index in [1.807, 2.05) is 13.8 Å². The number of anilines is 2. The summed E-state index contributed by atoms with van der Waals surface area (Å²) in [7, 11) is -3.31. The number of benzene rings is 1. The highest BCUT2D eigenvalue weighted by Gasteiger charge is 2.38. The third kappa shape index (κ3) is 8.36. The Kier molecular flexibility index (Phi) is 9.76. The van der Waals surface area contributed by atoms with Crippen LogP contribution in [0.1, 0.15) is 38.1 Å². The Labute approximate surface area is 228 Å². The number of hydrogen-bond acceptors (Lipinski definition) is 8. The zero-order valence-corrected chi connectivity index (χ0v) is 22.8. The number of fused-ring (bicyclic) bond motifs is 1. The average Bonchev–Trinajstić information content (AvgIpc) is 2.84. The van der Waals surface area contributed by atoms with Gasteiger partial charge in [0.05, 0.1) is 24.2 Å². The van der Waals surface area contributed by atoms with Crippen LogP contribution in [0.15, 0.2) is 18.2 Å². The first kappa shape index (κ1) is 31.3. The summed E-state index contributed by atoms with van der Waals surface area (Å²) in [6.07, 6.45) is -2.30. The number of carboxylic acid groups (broad SMARTS) is 1. The molecule has 0 aliphatic carbocycles. The summed E-state index contributed by atoms with van der Waals surface area (Å²) in [4.78, 5) is 20.6. The van der Waals surface area contributed by atoms with E-state index in [0.29, 0.717) is 56.2 Å². The van der Waals surface area contributed by atoms with Crippen molar-refractivity contribution in [3.8, 4) is 5.75 Å². The molecule has 2 aliphatic rings. The summed E-state index contributed by atoms with van der Waals surface area (Å²) in [5.74, 6) is -2.69. The molecule has 1 saturated heterocycles. The molecule has 10 nitrogen and oxygen atoms in total. The second-order valence-electron chi connectivity index (χ2n) is 9.62. The van der Waals surface area contributed by atoms with Crippen molar-refractivity contribution in [3.63, 3.8) is 0 Å². The number of aromatic nitrogens is 2. The lowest BCUT2D eigenvalue weighted by Gasteiger charge is -2.35. The maximum atomic E-state index is 13.9. The van der Waals surface area contributed by atoms with Gasteiger partial charge >= 0.3 is 12.1 Å². The standard InChI is InChI=1S/C22H29F2N5O3S.C2HF3O2/c1-14(2)25-21-22(27-19-13-29(33(3,30)31)11-8-18(19)26-21)28-9-6-16(7-10-28)32-20-5-4-15(23)12-17(20)24;3-2(4,5)1(6)7/h4-5,12,14,16H,6-11,13H2,1-3H3,(H,25,26);(H,6,7). The molecule has 0 atom stereocenters. The van der Waals surface area contributed by atoms with Gasteiger partial charge in [-0.05, 0) is 26.0 Å². The number of rotatable bonds is 6. The van der Waals surface area contributed by atoms with Gasteiger partial charge in [0.25, 0.3) is 0 Å². The lowest BCUT2D eigenvalue weighted by Crippen LogP contribution is -2.40. The van der Waals surface area contributed by atoms with Gasteiger partial charge in [-0.2, -0.15) is 17.5 Å². The predicted octanol–water partition coefficient (Wildman–Crippen LogP) is 3.57. The molecule has 1 fully saturated rings. The Hall–Kier alpha value is -3.27. The predicted molar refractivity (Wildman–Crippen MR) is 136 cm³/mol. The van der Waals surface area contributed by atoms with Crippen LogP contribution in [0.4, 0.5) is 33.6 Å². The fraction of sp³-hybridized carbons (Fsp3) is 0.542. The van der Waals surface area contributed by atoms with Crippen molar-refractivity contribution in [3.05, 3.63) is 41.2 Å². The largest absolute Gasteiger partial charge is 0.490 e. The van der Waals surface area contributed by atoms with Crippen LogP contribution in [0.25, 0.3) is 0 Å². The zero-order valence-electron chi connectivity index (χ0n) is 22.0. The zero-order chi connectivity index (χ0) is 29.8. The second kappa shape index (κ2) is 12.5. The molecule has 3 heterocycles. The number of hydrogen-bond donors (Lipinski definition) is 2. The molecular formula is C24H30F5N5O5S. The van der Waals surface area contributed by atoms with Crippen LogP contribution in [0.3, 0.4) is 0 Å². The molecule has 2 N–H and O–H groups in total. The van der Waals surface area contributed by atoms with Gasteiger partial charge in [0.15, 0.2) is 23.2 Å². The second-order valence-corrected chi connectivity index (χ2v) is 11.6. The Balaban J connectivity index is 0.000000559. The molecular weight excluding hydrogens is 565 g/mol. The molecule has 1 aromatic carbocycles. The van der Waals surface area contributed by atoms with Crippen LogP contribution >= 0.6 is 0 Å². The Morgan fingerprint density at radius 3 is 2.27 bits per heavy atom. The summed E-state index contributed by atoms with van der Waals surface area (Å²) in [6.45, 7) is 5.87. The summed E-state index contributed by atoms with van der Waals surface area (Å²) in [5, 5.41) is 10.5. The van der Waals surface area contributed by atoms with Crippen molar-refractivity contribution >= 4 is 27.6 Å². The highest BCUT2D eigenvalue weighted by atomic mass is 32.2. The molecule has 0 unspecified atom stereocenters. The molecule has 0 bridgehead atoms. The number of ether oxygens (including phenoxy) is 1. The van der Waals surface area contributed by atoms with E-state index < -0.39 is 33.8 Å². The molecule has 0 amide bonds. The van der Waals surface area contributed by atoms with Crippen LogP contribution in [-0.2, 0) is 27.8 Å². The molecule has 40 heavy (non-hydrogen) atoms. The van der Waals surface area contributed by atoms with E-state index in [-0.39, 0.29) is 24.4 Å². The minimum Gasteiger partial charge on any atom is -0.487 e. The SMILES string of the molecule is CC(C)Nc1nc2c(nc1N1CCC(Oc3ccc(F)cc3F)CC1)CN(S(C)(=O)=O)CC2.O=C(O)C(F)(F)F. The first-order chi connectivity index (χ1) is 18.5. The van der Waals surface area contributed by atoms with Crippen molar-refractivity contribution < 1.29 is 45.0 Å². The smallest absolute Gasteiger partial charge is 0.487 e. The maximum absolute atomic E-state index is 13.9. The topological polar surface area (TPSA) is 125 Å². The lowest BCUT2D eigenvalue weighted by molar-refractivity contribution is -0.192. The molecule has 2 aromatic rings. The van der Waals surface area contributed by atoms with Crippen LogP contribution in [-0.4, -0.2) is 78.0 Å². The van der Waals surface area contributed by atoms with E-state index in [0.717, 1.165) is 11.8 Å². The maximum Gasteiger partial charge on any atom is 0.490 e. The summed E-state index contributed by atoms with van der Waals surface area (Å²) in [6, 6.07) is 3.45. The van der Waals surface area contributed by atoms with Gasteiger partial charge < -0.3 is 20.1 Å². The van der Waals surface area contributed by atoms with Crippen molar-refractivity contribution in [1.29, 1.82) is 0 Å². The van der Waals surface area contributed by atoms with E-state index in [1.165, 1.54) is 22.7 Å². The number of carbonyl (C=O) groups is 1. The highest BCUT2D eigenvalue weighted by Crippen LogP contribution is 2.31. The van der Waals surface area contributed by atoms with Gasteiger partial charge in [0.2, 0.25) is 10.0 Å². The summed E-state index contributed by atoms with van der Waals surface area (Å²) < 4.78 is 90.1. The number of piperidine rings is 1. The van der Waals surface area contributed by atoms with E-state index in [4.69, 9.17) is 24.6 Å². The molecule has 4 rings (SSSR count). The van der Waals surface area contributed by atoms with E-state index in [9.17, 15) is 30.4 Å². The number of nitrogens with zero attached hydrogens (tertiary/aromatic N) is 4. The van der Waals surface area contributed by atoms with Crippen molar-refractivity contribution in [2.45, 2.75) is 58.0 Å². The third-order valence-electron chi connectivity index (χ3n) is 6.02. The minimum atomic E-state index is -5.08. The van der Waals surface area contributed by atoms with Gasteiger partial charge in [-0.25, -0.2) is 32.0 Å². The third-order valence-corrected chi connectivity index (χ3v) is 7.27. The van der Waals surface area contributed by atoms with Gasteiger partial charge in [0.1, 0.15) is 11.9 Å². The molecule has 0 radical (unpaired) electrons. The van der Waals surface area contributed by atoms with Crippen molar-refractivity contribution in [2.24, 2.45) is 0 Å². The minimum absolute atomic E-state index is 0.0476. The first-order valence-electron chi connectivity index (χ1n) is 12.3. The fourth-order valence-electron chi connectivity index (χ4n) is 4.11. The molecule has 1 aromatic heterocycles. The van der Waals surface area contributed by atoms with Crippen LogP contribution in [0.5, 0.6) is 5.75 Å². The Morgan fingerprint density at radius 1 is 1.12 bits per heavy atom. The normalized spacial score (nSPS) is 16.7. The van der Waals surface area contributed by atoms with E-state index in [2.05, 4.69) is 10.2 Å². The molecule has 222 valence electrons. The van der Waals surface area contributed by atoms with Crippen LogP contribution in [0.2, 0.25) is 0 Å². The van der Waals surface area contributed by atoms with Gasteiger partial charge in [-0.3, -0.25) is 0 Å². The van der Waals surface area contributed by atoms with Gasteiger partial charge in [-0.1, -0.05) is 0 Å². The number of alkyl halides is 3. The molecule has 0 saturated carbocycles. The molecule has 0 spiro atoms. The van der Waals surface area contributed by atoms with Crippen LogP contribution in [0, 0.1) is 11.6 Å². The van der Waals surface area contributed by atoms with E-state index in [1.54, 1.807) is 0 Å². The highest BCUT2D eigenvalue weighted by molar-refractivity contribution is 7.88. The number of halogens is 5. The molecule has 2 aliphatic heterocycles. The number of sulfonamides is 1. The quantitative estimate of drug-likeness (QED) is 0.482. The number of carboxylic acids is 1. The van der Waals surface area contributed by atoms with E-state index >= 15 is 0 Å². The fourth-order valence-corrected chi connectivity index (χ4v) is 4.89. The number of nitrogens with one attached hydrogen (secondary N) is 1.